The monoisotopic (exact) mass is 216 g/mol. The maximum atomic E-state index is 11.5. The van der Waals surface area contributed by atoms with Crippen molar-refractivity contribution in [3.8, 4) is 0 Å². The van der Waals surface area contributed by atoms with Crippen molar-refractivity contribution in [2.75, 3.05) is 0 Å². The van der Waals surface area contributed by atoms with Gasteiger partial charge in [0.25, 0.3) is 0 Å². The molecule has 2 heteroatoms. The van der Waals surface area contributed by atoms with Crippen molar-refractivity contribution in [3.63, 3.8) is 0 Å². The van der Waals surface area contributed by atoms with E-state index in [1.54, 1.807) is 6.92 Å². The van der Waals surface area contributed by atoms with Gasteiger partial charge in [-0.3, -0.25) is 9.59 Å². The molecule has 16 heavy (non-hydrogen) atoms. The van der Waals surface area contributed by atoms with Gasteiger partial charge in [-0.15, -0.1) is 0 Å². The highest BCUT2D eigenvalue weighted by Gasteiger charge is 2.24. The van der Waals surface area contributed by atoms with Crippen molar-refractivity contribution >= 4 is 11.6 Å². The SMILES string of the molecule is CC(=O)c1ccc(CC2CCCC2=O)cc1. The zero-order valence-corrected chi connectivity index (χ0v) is 9.53. The number of Topliss-reactive ketones (excluding diaryl/α,β-unsaturated/α-hetero) is 2. The third-order valence-corrected chi connectivity index (χ3v) is 3.27. The maximum absolute atomic E-state index is 11.5. The highest BCUT2D eigenvalue weighted by atomic mass is 16.1. The number of carbonyl (C=O) groups is 2. The van der Waals surface area contributed by atoms with Gasteiger partial charge in [0.05, 0.1) is 0 Å². The van der Waals surface area contributed by atoms with E-state index in [4.69, 9.17) is 0 Å². The number of hydrogen-bond donors (Lipinski definition) is 0. The second-order valence-corrected chi connectivity index (χ2v) is 4.51. The van der Waals surface area contributed by atoms with E-state index in [0.29, 0.717) is 5.78 Å². The van der Waals surface area contributed by atoms with Crippen molar-refractivity contribution < 1.29 is 9.59 Å². The van der Waals surface area contributed by atoms with Gasteiger partial charge in [-0.2, -0.15) is 0 Å². The number of carbonyl (C=O) groups excluding carboxylic acids is 2. The lowest BCUT2D eigenvalue weighted by Gasteiger charge is -2.07. The summed E-state index contributed by atoms with van der Waals surface area (Å²) in [6, 6.07) is 7.61. The molecule has 2 rings (SSSR count). The van der Waals surface area contributed by atoms with Gasteiger partial charge in [-0.25, -0.2) is 0 Å². The molecule has 0 N–H and O–H groups in total. The largest absolute Gasteiger partial charge is 0.299 e. The number of hydrogen-bond acceptors (Lipinski definition) is 2. The predicted molar refractivity (Wildman–Crippen MR) is 62.5 cm³/mol. The van der Waals surface area contributed by atoms with Crippen LogP contribution in [0.3, 0.4) is 0 Å². The van der Waals surface area contributed by atoms with E-state index in [2.05, 4.69) is 0 Å². The molecule has 0 aliphatic heterocycles. The molecule has 1 aliphatic carbocycles. The average Bonchev–Trinajstić information content (AvgIpc) is 2.65. The van der Waals surface area contributed by atoms with E-state index in [9.17, 15) is 9.59 Å². The standard InChI is InChI=1S/C14H16O2/c1-10(15)12-7-5-11(6-8-12)9-13-3-2-4-14(13)16/h5-8,13H,2-4,9H2,1H3. The Kier molecular flexibility index (Phi) is 3.18. The van der Waals surface area contributed by atoms with Crippen LogP contribution in [-0.4, -0.2) is 11.6 Å². The lowest BCUT2D eigenvalue weighted by molar-refractivity contribution is -0.120. The van der Waals surface area contributed by atoms with Crippen molar-refractivity contribution in [1.29, 1.82) is 0 Å². The summed E-state index contributed by atoms with van der Waals surface area (Å²) < 4.78 is 0. The zero-order chi connectivity index (χ0) is 11.5. The smallest absolute Gasteiger partial charge is 0.159 e. The Morgan fingerprint density at radius 2 is 2.00 bits per heavy atom. The van der Waals surface area contributed by atoms with Crippen LogP contribution in [0.2, 0.25) is 0 Å². The van der Waals surface area contributed by atoms with Crippen LogP contribution in [0.5, 0.6) is 0 Å². The number of ketones is 2. The summed E-state index contributed by atoms with van der Waals surface area (Å²) in [6.07, 6.45) is 3.63. The molecule has 0 saturated heterocycles. The Morgan fingerprint density at radius 3 is 2.50 bits per heavy atom. The van der Waals surface area contributed by atoms with Gasteiger partial charge >= 0.3 is 0 Å². The molecule has 0 spiro atoms. The Balaban J connectivity index is 2.05. The van der Waals surface area contributed by atoms with Gasteiger partial charge in [0.2, 0.25) is 0 Å². The molecule has 84 valence electrons. The molecule has 0 heterocycles. The Bertz CT molecular complexity index is 403. The first kappa shape index (κ1) is 11.1. The molecule has 1 saturated carbocycles. The molecule has 1 fully saturated rings. The molecule has 2 nitrogen and oxygen atoms in total. The van der Waals surface area contributed by atoms with Crippen LogP contribution < -0.4 is 0 Å². The second-order valence-electron chi connectivity index (χ2n) is 4.51. The summed E-state index contributed by atoms with van der Waals surface area (Å²) in [7, 11) is 0. The quantitative estimate of drug-likeness (QED) is 0.728. The van der Waals surface area contributed by atoms with E-state index < -0.39 is 0 Å². The van der Waals surface area contributed by atoms with Crippen LogP contribution in [0.25, 0.3) is 0 Å². The Morgan fingerprint density at radius 1 is 1.31 bits per heavy atom. The molecule has 0 amide bonds. The van der Waals surface area contributed by atoms with Crippen molar-refractivity contribution in [3.05, 3.63) is 35.4 Å². The van der Waals surface area contributed by atoms with E-state index in [-0.39, 0.29) is 11.7 Å². The molecule has 0 bridgehead atoms. The molecule has 1 aromatic rings. The fourth-order valence-electron chi connectivity index (χ4n) is 2.26. The summed E-state index contributed by atoms with van der Waals surface area (Å²) in [4.78, 5) is 22.6. The van der Waals surface area contributed by atoms with Crippen LogP contribution in [0.15, 0.2) is 24.3 Å². The summed E-state index contributed by atoms with van der Waals surface area (Å²) in [6.45, 7) is 1.56. The molecule has 0 aromatic heterocycles. The number of benzene rings is 1. The average molecular weight is 216 g/mol. The molecule has 0 radical (unpaired) electrons. The predicted octanol–water partition coefficient (Wildman–Crippen LogP) is 2.80. The summed E-state index contributed by atoms with van der Waals surface area (Å²) in [5.74, 6) is 0.697. The topological polar surface area (TPSA) is 34.1 Å². The summed E-state index contributed by atoms with van der Waals surface area (Å²) >= 11 is 0. The van der Waals surface area contributed by atoms with E-state index in [0.717, 1.165) is 36.8 Å². The number of rotatable bonds is 3. The van der Waals surface area contributed by atoms with Gasteiger partial charge in [-0.05, 0) is 31.7 Å². The normalized spacial score (nSPS) is 20.1. The minimum absolute atomic E-state index is 0.0866. The lowest BCUT2D eigenvalue weighted by atomic mass is 9.96. The first-order chi connectivity index (χ1) is 7.66. The van der Waals surface area contributed by atoms with E-state index in [1.807, 2.05) is 24.3 Å². The van der Waals surface area contributed by atoms with Gasteiger partial charge in [0, 0.05) is 17.9 Å². The van der Waals surface area contributed by atoms with E-state index in [1.165, 1.54) is 0 Å². The van der Waals surface area contributed by atoms with Crippen molar-refractivity contribution in [2.45, 2.75) is 32.6 Å². The molecule has 1 aliphatic rings. The maximum Gasteiger partial charge on any atom is 0.159 e. The minimum Gasteiger partial charge on any atom is -0.299 e. The van der Waals surface area contributed by atoms with Gasteiger partial charge < -0.3 is 0 Å². The first-order valence-electron chi connectivity index (χ1n) is 5.79. The molecular formula is C14H16O2. The molecule has 1 unspecified atom stereocenters. The van der Waals surface area contributed by atoms with Gasteiger partial charge in [-0.1, -0.05) is 24.3 Å². The fraction of sp³-hybridized carbons (Fsp3) is 0.429. The third kappa shape index (κ3) is 2.38. The van der Waals surface area contributed by atoms with Gasteiger partial charge in [0.1, 0.15) is 5.78 Å². The second kappa shape index (κ2) is 4.60. The van der Waals surface area contributed by atoms with E-state index >= 15 is 0 Å². The van der Waals surface area contributed by atoms with Crippen LogP contribution in [0, 0.1) is 5.92 Å². The van der Waals surface area contributed by atoms with Crippen LogP contribution in [-0.2, 0) is 11.2 Å². The zero-order valence-electron chi connectivity index (χ0n) is 9.53. The molecular weight excluding hydrogens is 200 g/mol. The highest BCUT2D eigenvalue weighted by Crippen LogP contribution is 2.25. The summed E-state index contributed by atoms with van der Waals surface area (Å²) in [5, 5.41) is 0. The summed E-state index contributed by atoms with van der Waals surface area (Å²) in [5.41, 5.74) is 1.90. The van der Waals surface area contributed by atoms with Crippen molar-refractivity contribution in [1.82, 2.24) is 0 Å². The molecule has 1 aromatic carbocycles. The van der Waals surface area contributed by atoms with Crippen molar-refractivity contribution in [2.24, 2.45) is 5.92 Å². The molecule has 1 atom stereocenters. The first-order valence-corrected chi connectivity index (χ1v) is 5.79. The van der Waals surface area contributed by atoms with Crippen LogP contribution in [0.1, 0.15) is 42.1 Å². The van der Waals surface area contributed by atoms with Crippen LogP contribution in [0.4, 0.5) is 0 Å². The highest BCUT2D eigenvalue weighted by molar-refractivity contribution is 5.94. The van der Waals surface area contributed by atoms with Crippen LogP contribution >= 0.6 is 0 Å². The minimum atomic E-state index is 0.0866. The Hall–Kier alpha value is -1.44. The third-order valence-electron chi connectivity index (χ3n) is 3.27. The van der Waals surface area contributed by atoms with Gasteiger partial charge in [0.15, 0.2) is 5.78 Å². The Labute approximate surface area is 95.7 Å². The lowest BCUT2D eigenvalue weighted by Crippen LogP contribution is -2.09. The fourth-order valence-corrected chi connectivity index (χ4v) is 2.26.